The summed E-state index contributed by atoms with van der Waals surface area (Å²) in [4.78, 5) is 4.12. The minimum absolute atomic E-state index is 0.302. The van der Waals surface area contributed by atoms with Crippen molar-refractivity contribution in [3.8, 4) is 0 Å². The van der Waals surface area contributed by atoms with Crippen molar-refractivity contribution in [1.82, 2.24) is 5.32 Å². The minimum atomic E-state index is -2.91. The molecule has 1 rings (SSSR count). The van der Waals surface area contributed by atoms with E-state index in [-0.39, 0.29) is 5.25 Å². The largest absolute Gasteiger partial charge is 0.370 e. The number of nitrogens with one attached hydrogen (secondary N) is 1. The number of guanidine groups is 1. The molecule has 18 heavy (non-hydrogen) atoms. The van der Waals surface area contributed by atoms with Crippen LogP contribution in [-0.4, -0.2) is 38.5 Å². The van der Waals surface area contributed by atoms with Gasteiger partial charge in [0.05, 0.1) is 17.5 Å². The van der Waals surface area contributed by atoms with Crippen LogP contribution in [0.3, 0.4) is 0 Å². The number of nitrogens with zero attached hydrogens (tertiary/aromatic N) is 1. The van der Waals surface area contributed by atoms with Gasteiger partial charge in [0.25, 0.3) is 0 Å². The van der Waals surface area contributed by atoms with Crippen LogP contribution in [-0.2, 0) is 9.84 Å². The first kappa shape index (κ1) is 15.3. The van der Waals surface area contributed by atoms with Crippen molar-refractivity contribution < 1.29 is 8.42 Å². The van der Waals surface area contributed by atoms with Crippen molar-refractivity contribution in [2.75, 3.05) is 18.8 Å². The van der Waals surface area contributed by atoms with Crippen LogP contribution in [0.25, 0.3) is 0 Å². The first-order chi connectivity index (χ1) is 8.56. The highest BCUT2D eigenvalue weighted by Gasteiger charge is 2.30. The van der Waals surface area contributed by atoms with Crippen molar-refractivity contribution in [1.29, 1.82) is 0 Å². The predicted molar refractivity (Wildman–Crippen MR) is 75.4 cm³/mol. The summed E-state index contributed by atoms with van der Waals surface area (Å²) in [7, 11) is -2.91. The molecule has 1 fully saturated rings. The summed E-state index contributed by atoms with van der Waals surface area (Å²) in [5.74, 6) is 0.672. The Bertz CT molecular complexity index is 366. The highest BCUT2D eigenvalue weighted by molar-refractivity contribution is 7.92. The average Bonchev–Trinajstić information content (AvgIpc) is 2.65. The van der Waals surface area contributed by atoms with Crippen LogP contribution >= 0.6 is 0 Å². The van der Waals surface area contributed by atoms with E-state index in [1.54, 1.807) is 0 Å². The molecular formula is C12H25N3O2S. The number of hydrogen-bond donors (Lipinski definition) is 2. The number of rotatable bonds is 7. The Morgan fingerprint density at radius 3 is 2.78 bits per heavy atom. The fourth-order valence-electron chi connectivity index (χ4n) is 2.09. The Labute approximate surface area is 110 Å². The van der Waals surface area contributed by atoms with E-state index in [1.807, 2.05) is 0 Å². The lowest BCUT2D eigenvalue weighted by molar-refractivity contribution is 0.589. The summed E-state index contributed by atoms with van der Waals surface area (Å²) < 4.78 is 23.2. The summed E-state index contributed by atoms with van der Waals surface area (Å²) in [5.41, 5.74) is 5.70. The molecule has 1 aliphatic rings. The lowest BCUT2D eigenvalue weighted by Gasteiger charge is -2.08. The zero-order chi connectivity index (χ0) is 13.4. The quantitative estimate of drug-likeness (QED) is 0.413. The Hall–Kier alpha value is -0.780. The van der Waals surface area contributed by atoms with E-state index >= 15 is 0 Å². The maximum absolute atomic E-state index is 11.6. The lowest BCUT2D eigenvalue weighted by atomic mass is 10.2. The number of hydrogen-bond acceptors (Lipinski definition) is 3. The third kappa shape index (κ3) is 5.25. The summed E-state index contributed by atoms with van der Waals surface area (Å²) in [6.07, 6.45) is 6.18. The molecule has 0 aromatic carbocycles. The molecule has 1 heterocycles. The number of sulfone groups is 1. The van der Waals surface area contributed by atoms with E-state index in [4.69, 9.17) is 5.73 Å². The van der Waals surface area contributed by atoms with Gasteiger partial charge in [-0.2, -0.15) is 0 Å². The van der Waals surface area contributed by atoms with Crippen molar-refractivity contribution in [2.24, 2.45) is 10.7 Å². The third-order valence-electron chi connectivity index (χ3n) is 3.26. The first-order valence-electron chi connectivity index (χ1n) is 6.81. The topological polar surface area (TPSA) is 84.5 Å². The molecule has 0 aromatic rings. The minimum Gasteiger partial charge on any atom is -0.370 e. The van der Waals surface area contributed by atoms with Crippen LogP contribution in [0, 0.1) is 0 Å². The van der Waals surface area contributed by atoms with Gasteiger partial charge in [0.1, 0.15) is 0 Å². The summed E-state index contributed by atoms with van der Waals surface area (Å²) in [6, 6.07) is 0. The molecule has 1 aliphatic heterocycles. The molecule has 5 nitrogen and oxygen atoms in total. The SMILES string of the molecule is CCCCCCNC(N)=NCC1CCCS1(=O)=O. The Morgan fingerprint density at radius 2 is 2.17 bits per heavy atom. The van der Waals surface area contributed by atoms with E-state index in [1.165, 1.54) is 19.3 Å². The molecule has 0 spiro atoms. The standard InChI is InChI=1S/C12H25N3O2S/c1-2-3-4-5-8-14-12(13)15-10-11-7-6-9-18(11,16)17/h11H,2-10H2,1H3,(H3,13,14,15). The Balaban J connectivity index is 2.21. The van der Waals surface area contributed by atoms with Crippen LogP contribution in [0.4, 0.5) is 0 Å². The normalized spacial score (nSPS) is 23.2. The van der Waals surface area contributed by atoms with Gasteiger partial charge in [0, 0.05) is 6.54 Å². The molecule has 0 aliphatic carbocycles. The molecule has 106 valence electrons. The maximum Gasteiger partial charge on any atom is 0.188 e. The summed E-state index contributed by atoms with van der Waals surface area (Å²) in [5, 5.41) is 2.70. The van der Waals surface area contributed by atoms with Gasteiger partial charge in [0.2, 0.25) is 0 Å². The molecule has 1 atom stereocenters. The molecule has 0 bridgehead atoms. The van der Waals surface area contributed by atoms with Gasteiger partial charge >= 0.3 is 0 Å². The maximum atomic E-state index is 11.6. The van der Waals surface area contributed by atoms with E-state index < -0.39 is 9.84 Å². The molecule has 1 unspecified atom stereocenters. The fourth-order valence-corrected chi connectivity index (χ4v) is 3.82. The zero-order valence-electron chi connectivity index (χ0n) is 11.2. The van der Waals surface area contributed by atoms with Gasteiger partial charge in [-0.15, -0.1) is 0 Å². The molecule has 6 heteroatoms. The third-order valence-corrected chi connectivity index (χ3v) is 5.52. The highest BCUT2D eigenvalue weighted by Crippen LogP contribution is 2.19. The smallest absolute Gasteiger partial charge is 0.188 e. The lowest BCUT2D eigenvalue weighted by Crippen LogP contribution is -2.33. The van der Waals surface area contributed by atoms with Crippen molar-refractivity contribution in [3.05, 3.63) is 0 Å². The number of aliphatic imine (C=N–C) groups is 1. The molecule has 3 N–H and O–H groups in total. The molecule has 1 saturated heterocycles. The van der Waals surface area contributed by atoms with Crippen LogP contribution in [0.1, 0.15) is 45.4 Å². The Morgan fingerprint density at radius 1 is 1.39 bits per heavy atom. The van der Waals surface area contributed by atoms with Gasteiger partial charge in [0.15, 0.2) is 15.8 Å². The second-order valence-corrected chi connectivity index (χ2v) is 7.25. The van der Waals surface area contributed by atoms with E-state index in [0.717, 1.165) is 25.8 Å². The molecule has 0 saturated carbocycles. The van der Waals surface area contributed by atoms with E-state index in [9.17, 15) is 8.42 Å². The van der Waals surface area contributed by atoms with Gasteiger partial charge in [-0.1, -0.05) is 26.2 Å². The predicted octanol–water partition coefficient (Wildman–Crippen LogP) is 1.05. The van der Waals surface area contributed by atoms with Crippen molar-refractivity contribution in [3.63, 3.8) is 0 Å². The second-order valence-electron chi connectivity index (χ2n) is 4.84. The fraction of sp³-hybridized carbons (Fsp3) is 0.917. The van der Waals surface area contributed by atoms with E-state index in [0.29, 0.717) is 18.3 Å². The Kier molecular flexibility index (Phi) is 6.46. The van der Waals surface area contributed by atoms with Crippen molar-refractivity contribution >= 4 is 15.8 Å². The highest BCUT2D eigenvalue weighted by atomic mass is 32.2. The van der Waals surface area contributed by atoms with Gasteiger partial charge in [-0.25, -0.2) is 8.42 Å². The second kappa shape index (κ2) is 7.61. The van der Waals surface area contributed by atoms with Crippen LogP contribution in [0.5, 0.6) is 0 Å². The van der Waals surface area contributed by atoms with Crippen molar-refractivity contribution in [2.45, 2.75) is 50.7 Å². The monoisotopic (exact) mass is 275 g/mol. The molecule has 0 radical (unpaired) electrons. The number of nitrogens with two attached hydrogens (primary N) is 1. The van der Waals surface area contributed by atoms with E-state index in [2.05, 4.69) is 17.2 Å². The van der Waals surface area contributed by atoms with Crippen LogP contribution in [0.2, 0.25) is 0 Å². The van der Waals surface area contributed by atoms with Crippen LogP contribution < -0.4 is 11.1 Å². The first-order valence-corrected chi connectivity index (χ1v) is 8.53. The molecule has 0 aromatic heterocycles. The summed E-state index contributed by atoms with van der Waals surface area (Å²) in [6.45, 7) is 3.29. The molecule has 0 amide bonds. The average molecular weight is 275 g/mol. The van der Waals surface area contributed by atoms with Gasteiger partial charge in [-0.3, -0.25) is 4.99 Å². The number of unbranched alkanes of at least 4 members (excludes halogenated alkanes) is 3. The zero-order valence-corrected chi connectivity index (χ0v) is 12.0. The van der Waals surface area contributed by atoms with Gasteiger partial charge in [-0.05, 0) is 19.3 Å². The summed E-state index contributed by atoms with van der Waals surface area (Å²) >= 11 is 0. The van der Waals surface area contributed by atoms with Gasteiger partial charge < -0.3 is 11.1 Å². The van der Waals surface area contributed by atoms with Crippen LogP contribution in [0.15, 0.2) is 4.99 Å². The molecular weight excluding hydrogens is 250 g/mol.